The Labute approximate surface area is 95.7 Å². The summed E-state index contributed by atoms with van der Waals surface area (Å²) >= 11 is 0. The van der Waals surface area contributed by atoms with E-state index in [4.69, 9.17) is 5.26 Å². The summed E-state index contributed by atoms with van der Waals surface area (Å²) in [5, 5.41) is 15.4. The minimum atomic E-state index is 0.465. The number of hydrogen-bond acceptors (Lipinski definition) is 4. The minimum Gasteiger partial charge on any atom is -0.385 e. The molecule has 1 fully saturated rings. The fraction of sp³-hybridized carbons (Fsp3) is 0.500. The van der Waals surface area contributed by atoms with Crippen LogP contribution in [0.25, 0.3) is 0 Å². The molecule has 1 atom stereocenters. The number of nitriles is 1. The molecule has 1 saturated heterocycles. The van der Waals surface area contributed by atoms with E-state index in [0.717, 1.165) is 31.2 Å². The van der Waals surface area contributed by atoms with E-state index in [9.17, 15) is 0 Å². The van der Waals surface area contributed by atoms with E-state index in [2.05, 4.69) is 15.6 Å². The number of nitrogens with zero attached hydrogens (tertiary/aromatic N) is 2. The van der Waals surface area contributed by atoms with Gasteiger partial charge in [-0.25, -0.2) is 4.98 Å². The molecule has 1 aliphatic heterocycles. The highest BCUT2D eigenvalue weighted by Gasteiger charge is 2.13. The molecule has 4 nitrogen and oxygen atoms in total. The summed E-state index contributed by atoms with van der Waals surface area (Å²) in [6.07, 6.45) is 4.12. The average molecular weight is 216 g/mol. The van der Waals surface area contributed by atoms with E-state index >= 15 is 0 Å². The van der Waals surface area contributed by atoms with Crippen LogP contribution in [0, 0.1) is 17.2 Å². The van der Waals surface area contributed by atoms with Crippen molar-refractivity contribution >= 4 is 5.69 Å². The minimum absolute atomic E-state index is 0.465. The summed E-state index contributed by atoms with van der Waals surface area (Å²) in [5.41, 5.74) is 1.45. The molecular formula is C12H16N4. The number of anilines is 1. The van der Waals surface area contributed by atoms with Crippen molar-refractivity contribution in [1.82, 2.24) is 10.3 Å². The van der Waals surface area contributed by atoms with Gasteiger partial charge in [0.1, 0.15) is 11.8 Å². The van der Waals surface area contributed by atoms with Gasteiger partial charge in [-0.1, -0.05) is 0 Å². The van der Waals surface area contributed by atoms with Gasteiger partial charge < -0.3 is 10.6 Å². The van der Waals surface area contributed by atoms with Crippen LogP contribution >= 0.6 is 0 Å². The molecule has 16 heavy (non-hydrogen) atoms. The maximum atomic E-state index is 8.71. The Morgan fingerprint density at radius 2 is 2.56 bits per heavy atom. The molecule has 0 amide bonds. The summed E-state index contributed by atoms with van der Waals surface area (Å²) in [7, 11) is 0. The third kappa shape index (κ3) is 2.94. The fourth-order valence-electron chi connectivity index (χ4n) is 1.98. The molecule has 0 spiro atoms. The van der Waals surface area contributed by atoms with Crippen LogP contribution in [-0.4, -0.2) is 24.6 Å². The van der Waals surface area contributed by atoms with Crippen molar-refractivity contribution < 1.29 is 0 Å². The van der Waals surface area contributed by atoms with Crippen molar-refractivity contribution in [3.63, 3.8) is 0 Å². The fourth-order valence-corrected chi connectivity index (χ4v) is 1.98. The Morgan fingerprint density at radius 3 is 3.31 bits per heavy atom. The predicted octanol–water partition coefficient (Wildman–Crippen LogP) is 1.36. The van der Waals surface area contributed by atoms with Gasteiger partial charge in [-0.2, -0.15) is 5.26 Å². The van der Waals surface area contributed by atoms with Crippen LogP contribution in [0.1, 0.15) is 18.5 Å². The second kappa shape index (κ2) is 5.47. The molecule has 2 rings (SSSR count). The summed E-state index contributed by atoms with van der Waals surface area (Å²) in [5.74, 6) is 0.796. The van der Waals surface area contributed by atoms with Gasteiger partial charge in [0.2, 0.25) is 0 Å². The lowest BCUT2D eigenvalue weighted by molar-refractivity contribution is 0.549. The number of nitrogens with one attached hydrogen (secondary N) is 2. The van der Waals surface area contributed by atoms with Crippen LogP contribution in [0.4, 0.5) is 5.69 Å². The highest BCUT2D eigenvalue weighted by molar-refractivity contribution is 5.45. The van der Waals surface area contributed by atoms with Crippen molar-refractivity contribution in [2.24, 2.45) is 5.92 Å². The second-order valence-electron chi connectivity index (χ2n) is 4.12. The second-order valence-corrected chi connectivity index (χ2v) is 4.12. The first kappa shape index (κ1) is 10.9. The third-order valence-electron chi connectivity index (χ3n) is 2.92. The van der Waals surface area contributed by atoms with Crippen LogP contribution in [0.5, 0.6) is 0 Å². The van der Waals surface area contributed by atoms with Gasteiger partial charge in [-0.3, -0.25) is 0 Å². The van der Waals surface area contributed by atoms with Crippen molar-refractivity contribution in [3.05, 3.63) is 24.0 Å². The van der Waals surface area contributed by atoms with E-state index in [0.29, 0.717) is 5.69 Å². The van der Waals surface area contributed by atoms with Gasteiger partial charge in [0.05, 0.1) is 0 Å². The first-order valence-electron chi connectivity index (χ1n) is 5.69. The lowest BCUT2D eigenvalue weighted by Gasteiger charge is -2.10. The Balaban J connectivity index is 1.78. The van der Waals surface area contributed by atoms with E-state index in [1.165, 1.54) is 12.8 Å². The van der Waals surface area contributed by atoms with Crippen molar-refractivity contribution in [2.75, 3.05) is 25.0 Å². The Bertz CT molecular complexity index is 377. The topological polar surface area (TPSA) is 60.7 Å². The summed E-state index contributed by atoms with van der Waals surface area (Å²) in [4.78, 5) is 3.93. The van der Waals surface area contributed by atoms with E-state index in [1.54, 1.807) is 12.3 Å². The van der Waals surface area contributed by atoms with Crippen molar-refractivity contribution in [1.29, 1.82) is 5.26 Å². The lowest BCUT2D eigenvalue weighted by atomic mass is 10.1. The summed E-state index contributed by atoms with van der Waals surface area (Å²) < 4.78 is 0. The predicted molar refractivity (Wildman–Crippen MR) is 63.0 cm³/mol. The van der Waals surface area contributed by atoms with Gasteiger partial charge in [-0.15, -0.1) is 0 Å². The van der Waals surface area contributed by atoms with Crippen LogP contribution in [-0.2, 0) is 0 Å². The molecule has 1 aromatic heterocycles. The first-order valence-corrected chi connectivity index (χ1v) is 5.69. The first-order chi connectivity index (χ1) is 7.88. The molecule has 0 bridgehead atoms. The zero-order valence-electron chi connectivity index (χ0n) is 9.24. The normalized spacial score (nSPS) is 19.3. The molecule has 1 aromatic rings. The zero-order valence-corrected chi connectivity index (χ0v) is 9.24. The standard InChI is InChI=1S/C12H16N4/c13-8-12-7-11(3-6-16-12)15-5-2-10-1-4-14-9-10/h3,6-7,10,14H,1-2,4-5,9H2,(H,15,16). The summed E-state index contributed by atoms with van der Waals surface area (Å²) in [6.45, 7) is 3.25. The smallest absolute Gasteiger partial charge is 0.142 e. The molecule has 1 unspecified atom stereocenters. The highest BCUT2D eigenvalue weighted by Crippen LogP contribution is 2.13. The molecule has 0 radical (unpaired) electrons. The van der Waals surface area contributed by atoms with Gasteiger partial charge in [0.25, 0.3) is 0 Å². The molecular weight excluding hydrogens is 200 g/mol. The Hall–Kier alpha value is -1.60. The molecule has 4 heteroatoms. The monoisotopic (exact) mass is 216 g/mol. The van der Waals surface area contributed by atoms with E-state index in [1.807, 2.05) is 12.1 Å². The third-order valence-corrected chi connectivity index (χ3v) is 2.92. The largest absolute Gasteiger partial charge is 0.385 e. The molecule has 2 heterocycles. The molecule has 2 N–H and O–H groups in total. The van der Waals surface area contributed by atoms with Crippen molar-refractivity contribution in [3.8, 4) is 6.07 Å². The molecule has 84 valence electrons. The summed E-state index contributed by atoms with van der Waals surface area (Å²) in [6, 6.07) is 5.72. The number of rotatable bonds is 4. The highest BCUT2D eigenvalue weighted by atomic mass is 14.9. The zero-order chi connectivity index (χ0) is 11.2. The molecule has 0 aliphatic carbocycles. The maximum absolute atomic E-state index is 8.71. The SMILES string of the molecule is N#Cc1cc(NCCC2CCNC2)ccn1. The maximum Gasteiger partial charge on any atom is 0.142 e. The van der Waals surface area contributed by atoms with Crippen LogP contribution in [0.15, 0.2) is 18.3 Å². The van der Waals surface area contributed by atoms with Crippen LogP contribution in [0.2, 0.25) is 0 Å². The number of pyridine rings is 1. The average Bonchev–Trinajstić information content (AvgIpc) is 2.82. The van der Waals surface area contributed by atoms with Crippen LogP contribution < -0.4 is 10.6 Å². The van der Waals surface area contributed by atoms with Gasteiger partial charge in [0, 0.05) is 18.4 Å². The van der Waals surface area contributed by atoms with Gasteiger partial charge in [0.15, 0.2) is 0 Å². The lowest BCUT2D eigenvalue weighted by Crippen LogP contribution is -2.12. The quantitative estimate of drug-likeness (QED) is 0.798. The van der Waals surface area contributed by atoms with Gasteiger partial charge in [-0.05, 0) is 44.0 Å². The van der Waals surface area contributed by atoms with E-state index in [-0.39, 0.29) is 0 Å². The van der Waals surface area contributed by atoms with E-state index < -0.39 is 0 Å². The van der Waals surface area contributed by atoms with Crippen LogP contribution in [0.3, 0.4) is 0 Å². The number of hydrogen-bond donors (Lipinski definition) is 2. The Morgan fingerprint density at radius 1 is 1.62 bits per heavy atom. The van der Waals surface area contributed by atoms with Gasteiger partial charge >= 0.3 is 0 Å². The molecule has 0 aromatic carbocycles. The Kier molecular flexibility index (Phi) is 3.73. The number of aromatic nitrogens is 1. The molecule has 1 aliphatic rings. The molecule has 0 saturated carbocycles. The van der Waals surface area contributed by atoms with Crippen molar-refractivity contribution in [2.45, 2.75) is 12.8 Å².